The Labute approximate surface area is 256 Å². The van der Waals surface area contributed by atoms with E-state index in [4.69, 9.17) is 0 Å². The summed E-state index contributed by atoms with van der Waals surface area (Å²) in [7, 11) is 0. The zero-order chi connectivity index (χ0) is 33.3. The van der Waals surface area contributed by atoms with E-state index >= 15 is 0 Å². The lowest BCUT2D eigenvalue weighted by Crippen LogP contribution is -2.50. The molecule has 0 bridgehead atoms. The number of Topliss-reactive ketones (excluding diaryl/α,β-unsaturated/α-hetero) is 1. The fourth-order valence-corrected chi connectivity index (χ4v) is 6.08. The summed E-state index contributed by atoms with van der Waals surface area (Å²) in [6.45, 7) is 4.86. The Morgan fingerprint density at radius 1 is 0.800 bits per heavy atom. The highest BCUT2D eigenvalue weighted by atomic mass is 19.4. The molecule has 11 heteroatoms. The number of alkyl halides is 9. The Morgan fingerprint density at radius 3 is 2.00 bits per heavy atom. The number of carbonyl (C=O) groups excluding carboxylic acids is 1. The highest BCUT2D eigenvalue weighted by Gasteiger charge is 2.46. The quantitative estimate of drug-likeness (QED) is 0.228. The van der Waals surface area contributed by atoms with Crippen molar-refractivity contribution in [1.29, 1.82) is 0 Å². The van der Waals surface area contributed by atoms with Crippen LogP contribution in [-0.4, -0.2) is 29.4 Å². The van der Waals surface area contributed by atoms with Crippen LogP contribution in [0.15, 0.2) is 66.7 Å². The first-order valence-electron chi connectivity index (χ1n) is 14.6. The molecule has 0 radical (unpaired) electrons. The zero-order valence-corrected chi connectivity index (χ0v) is 25.0. The Bertz CT molecular complexity index is 1470. The van der Waals surface area contributed by atoms with Gasteiger partial charge in [-0.3, -0.25) is 9.69 Å². The monoisotopic (exact) mass is 643 g/mol. The minimum Gasteiger partial charge on any atom is -0.299 e. The van der Waals surface area contributed by atoms with Gasteiger partial charge in [0.05, 0.1) is 11.1 Å². The van der Waals surface area contributed by atoms with Crippen LogP contribution in [0.5, 0.6) is 0 Å². The molecule has 2 nitrogen and oxygen atoms in total. The van der Waals surface area contributed by atoms with Crippen molar-refractivity contribution in [2.75, 3.05) is 6.54 Å². The van der Waals surface area contributed by atoms with Crippen LogP contribution in [0.4, 0.5) is 39.5 Å². The van der Waals surface area contributed by atoms with Crippen molar-refractivity contribution in [3.05, 3.63) is 94.5 Å². The van der Waals surface area contributed by atoms with E-state index in [2.05, 4.69) is 0 Å². The summed E-state index contributed by atoms with van der Waals surface area (Å²) in [5.74, 6) is -1.01. The minimum absolute atomic E-state index is 0.0903. The average Bonchev–Trinajstić information content (AvgIpc) is 2.94. The molecule has 0 amide bonds. The maximum Gasteiger partial charge on any atom is 0.416 e. The Kier molecular flexibility index (Phi) is 10.1. The van der Waals surface area contributed by atoms with Crippen molar-refractivity contribution in [3.8, 4) is 11.1 Å². The molecule has 3 unspecified atom stereocenters. The smallest absolute Gasteiger partial charge is 0.299 e. The molecule has 0 saturated carbocycles. The summed E-state index contributed by atoms with van der Waals surface area (Å²) in [5, 5.41) is 0. The van der Waals surface area contributed by atoms with Crippen LogP contribution in [0.25, 0.3) is 11.1 Å². The summed E-state index contributed by atoms with van der Waals surface area (Å²) in [5.41, 5.74) is 0.507. The Balaban J connectivity index is 1.76. The van der Waals surface area contributed by atoms with Crippen molar-refractivity contribution in [2.45, 2.75) is 83.0 Å². The predicted octanol–water partition coefficient (Wildman–Crippen LogP) is 10.4. The number of benzene rings is 3. The second kappa shape index (κ2) is 13.2. The van der Waals surface area contributed by atoms with E-state index < -0.39 is 47.5 Å². The molecule has 244 valence electrons. The van der Waals surface area contributed by atoms with Gasteiger partial charge in [-0.2, -0.15) is 39.5 Å². The third-order valence-corrected chi connectivity index (χ3v) is 8.30. The van der Waals surface area contributed by atoms with Crippen LogP contribution in [0.1, 0.15) is 79.7 Å². The summed E-state index contributed by atoms with van der Waals surface area (Å²) in [6, 6.07) is 12.1. The lowest BCUT2D eigenvalue weighted by Gasteiger charge is -2.41. The van der Waals surface area contributed by atoms with Gasteiger partial charge in [-0.1, -0.05) is 62.4 Å². The molecule has 0 aromatic heterocycles. The Morgan fingerprint density at radius 2 is 1.44 bits per heavy atom. The van der Waals surface area contributed by atoms with E-state index in [-0.39, 0.29) is 43.2 Å². The number of hydrogen-bond donors (Lipinski definition) is 0. The molecular formula is C34H34F9NO. The maximum absolute atomic E-state index is 14.1. The number of likely N-dealkylation sites (tertiary alicyclic amines) is 1. The van der Waals surface area contributed by atoms with E-state index in [1.54, 1.807) is 18.2 Å². The number of nitrogens with zero attached hydrogens (tertiary/aromatic N) is 1. The number of piperidine rings is 1. The van der Waals surface area contributed by atoms with Gasteiger partial charge in [-0.25, -0.2) is 0 Å². The Hall–Kier alpha value is -3.34. The topological polar surface area (TPSA) is 20.3 Å². The SMILES string of the molecule is CC(=O)C(CC(C)C)c1cc(-c2ccc(C(F)(F)F)cc2)cc(C2CCC(C(F)(F)F)N(Cc3cccc(C(F)(F)F)c3)C2)c1. The maximum atomic E-state index is 14.1. The molecule has 3 aromatic carbocycles. The van der Waals surface area contributed by atoms with E-state index in [1.807, 2.05) is 13.8 Å². The highest BCUT2D eigenvalue weighted by molar-refractivity contribution is 5.84. The van der Waals surface area contributed by atoms with Crippen LogP contribution in [-0.2, 0) is 23.7 Å². The van der Waals surface area contributed by atoms with Gasteiger partial charge in [-0.05, 0) is 84.0 Å². The van der Waals surface area contributed by atoms with Crippen molar-refractivity contribution in [3.63, 3.8) is 0 Å². The highest BCUT2D eigenvalue weighted by Crippen LogP contribution is 2.41. The lowest BCUT2D eigenvalue weighted by atomic mass is 9.81. The van der Waals surface area contributed by atoms with Crippen LogP contribution in [0.2, 0.25) is 0 Å². The number of halogens is 9. The second-order valence-electron chi connectivity index (χ2n) is 12.2. The predicted molar refractivity (Wildman–Crippen MR) is 153 cm³/mol. The van der Waals surface area contributed by atoms with Gasteiger partial charge in [0, 0.05) is 19.0 Å². The number of rotatable bonds is 8. The van der Waals surface area contributed by atoms with Crippen LogP contribution in [0, 0.1) is 5.92 Å². The molecule has 3 atom stereocenters. The summed E-state index contributed by atoms with van der Waals surface area (Å²) < 4.78 is 122. The van der Waals surface area contributed by atoms with Crippen LogP contribution >= 0.6 is 0 Å². The lowest BCUT2D eigenvalue weighted by molar-refractivity contribution is -0.194. The molecule has 0 spiro atoms. The fourth-order valence-electron chi connectivity index (χ4n) is 6.08. The van der Waals surface area contributed by atoms with Gasteiger partial charge in [0.25, 0.3) is 0 Å². The average molecular weight is 644 g/mol. The van der Waals surface area contributed by atoms with Gasteiger partial charge in [0.15, 0.2) is 0 Å². The van der Waals surface area contributed by atoms with Gasteiger partial charge >= 0.3 is 18.5 Å². The molecule has 1 fully saturated rings. The van der Waals surface area contributed by atoms with Crippen molar-refractivity contribution < 1.29 is 44.3 Å². The molecule has 45 heavy (non-hydrogen) atoms. The molecule has 1 aliphatic rings. The minimum atomic E-state index is -4.65. The van der Waals surface area contributed by atoms with Crippen LogP contribution in [0.3, 0.4) is 0 Å². The number of ketones is 1. The molecule has 4 rings (SSSR count). The first-order valence-corrected chi connectivity index (χ1v) is 14.6. The standard InChI is InChI=1S/C34H34F9NO/c1-20(2)13-30(21(3)45)27-16-25(23-7-10-28(11-8-23)32(35,36)37)15-26(17-27)24-9-12-31(34(41,42)43)44(19-24)18-22-5-4-6-29(14-22)33(38,39)40/h4-8,10-11,14-17,20,24,30-31H,9,12-13,18-19H2,1-3H3. The molecular weight excluding hydrogens is 609 g/mol. The summed E-state index contributed by atoms with van der Waals surface area (Å²) in [6.07, 6.45) is -13.5. The third kappa shape index (κ3) is 8.68. The van der Waals surface area contributed by atoms with Crippen LogP contribution < -0.4 is 0 Å². The molecule has 3 aromatic rings. The van der Waals surface area contributed by atoms with Gasteiger partial charge in [-0.15, -0.1) is 0 Å². The van der Waals surface area contributed by atoms with E-state index in [9.17, 15) is 44.3 Å². The molecule has 1 saturated heterocycles. The van der Waals surface area contributed by atoms with Crippen molar-refractivity contribution in [2.24, 2.45) is 5.92 Å². The summed E-state index contributed by atoms with van der Waals surface area (Å²) in [4.78, 5) is 13.9. The summed E-state index contributed by atoms with van der Waals surface area (Å²) >= 11 is 0. The van der Waals surface area contributed by atoms with Gasteiger partial charge in [0.2, 0.25) is 0 Å². The molecule has 1 heterocycles. The van der Waals surface area contributed by atoms with E-state index in [1.165, 1.54) is 31.2 Å². The molecule has 0 N–H and O–H groups in total. The molecule has 0 aliphatic carbocycles. The second-order valence-corrected chi connectivity index (χ2v) is 12.2. The van der Waals surface area contributed by atoms with Crippen molar-refractivity contribution in [1.82, 2.24) is 4.90 Å². The number of carbonyl (C=O) groups is 1. The largest absolute Gasteiger partial charge is 0.416 e. The zero-order valence-electron chi connectivity index (χ0n) is 25.0. The first kappa shape index (κ1) is 34.5. The van der Waals surface area contributed by atoms with Crippen molar-refractivity contribution >= 4 is 5.78 Å². The van der Waals surface area contributed by atoms with E-state index in [0.717, 1.165) is 29.2 Å². The van der Waals surface area contributed by atoms with Gasteiger partial charge < -0.3 is 0 Å². The third-order valence-electron chi connectivity index (χ3n) is 8.30. The number of hydrogen-bond acceptors (Lipinski definition) is 2. The first-order chi connectivity index (χ1) is 20.8. The fraction of sp³-hybridized carbons (Fsp3) is 0.441. The van der Waals surface area contributed by atoms with E-state index in [0.29, 0.717) is 28.7 Å². The van der Waals surface area contributed by atoms with Gasteiger partial charge in [0.1, 0.15) is 11.8 Å². The normalized spacial score (nSPS) is 19.1. The molecule has 1 aliphatic heterocycles.